The van der Waals surface area contributed by atoms with Gasteiger partial charge in [0, 0.05) is 10.6 Å². The van der Waals surface area contributed by atoms with Crippen molar-refractivity contribution in [2.24, 2.45) is 4.99 Å². The average molecular weight is 528 g/mol. The van der Waals surface area contributed by atoms with Crippen LogP contribution in [0.4, 0.5) is 5.69 Å². The van der Waals surface area contributed by atoms with E-state index in [1.807, 2.05) is 72.8 Å². The van der Waals surface area contributed by atoms with Crippen molar-refractivity contribution in [3.8, 4) is 5.75 Å². The van der Waals surface area contributed by atoms with Crippen LogP contribution in [0.5, 0.6) is 5.75 Å². The predicted octanol–water partition coefficient (Wildman–Crippen LogP) is 7.14. The highest BCUT2D eigenvalue weighted by molar-refractivity contribution is 9.10. The number of nitrogens with zero attached hydrogens (tertiary/aromatic N) is 1. The molecule has 3 aromatic rings. The number of rotatable bonds is 6. The number of nitrogens with one attached hydrogen (secondary N) is 1. The largest absolute Gasteiger partial charge is 0.488 e. The summed E-state index contributed by atoms with van der Waals surface area (Å²) in [5.41, 5.74) is 3.87. The van der Waals surface area contributed by atoms with Gasteiger partial charge in [-0.3, -0.25) is 4.79 Å². The third-order valence-corrected chi connectivity index (χ3v) is 6.72. The van der Waals surface area contributed by atoms with Gasteiger partial charge in [-0.15, -0.1) is 0 Å². The number of aliphatic imine (C=N–C) groups is 1. The lowest BCUT2D eigenvalue weighted by molar-refractivity contribution is -0.115. The number of benzene rings is 3. The molecule has 1 N–H and O–H groups in total. The molecule has 0 atom stereocenters. The topological polar surface area (TPSA) is 50.7 Å². The molecule has 7 heteroatoms. The van der Waals surface area contributed by atoms with Crippen LogP contribution in [0.15, 0.2) is 81.1 Å². The normalized spacial score (nSPS) is 15.9. The van der Waals surface area contributed by atoms with E-state index in [4.69, 9.17) is 16.3 Å². The number of amides is 1. The highest BCUT2D eigenvalue weighted by Crippen LogP contribution is 2.32. The monoisotopic (exact) mass is 526 g/mol. The second-order valence-corrected chi connectivity index (χ2v) is 9.36. The Labute approximate surface area is 204 Å². The molecule has 4 nitrogen and oxygen atoms in total. The van der Waals surface area contributed by atoms with E-state index >= 15 is 0 Å². The van der Waals surface area contributed by atoms with Gasteiger partial charge in [0.05, 0.1) is 15.1 Å². The summed E-state index contributed by atoms with van der Waals surface area (Å²) in [6, 6.07) is 21.3. The Kier molecular flexibility index (Phi) is 7.35. The third-order valence-electron chi connectivity index (χ3n) is 4.82. The van der Waals surface area contributed by atoms with E-state index in [0.717, 1.165) is 27.7 Å². The molecular formula is C25H20BrClN2O2S. The molecule has 1 heterocycles. The van der Waals surface area contributed by atoms with Gasteiger partial charge in [0.15, 0.2) is 5.17 Å². The first-order valence-electron chi connectivity index (χ1n) is 10.1. The molecule has 1 saturated heterocycles. The summed E-state index contributed by atoms with van der Waals surface area (Å²) in [5, 5.41) is 4.08. The molecule has 0 bridgehead atoms. The number of hydrogen-bond donors (Lipinski definition) is 1. The van der Waals surface area contributed by atoms with Gasteiger partial charge in [-0.25, -0.2) is 4.99 Å². The van der Waals surface area contributed by atoms with Crippen molar-refractivity contribution >= 4 is 62.1 Å². The van der Waals surface area contributed by atoms with Crippen LogP contribution in [0.3, 0.4) is 0 Å². The first-order valence-corrected chi connectivity index (χ1v) is 12.0. The molecule has 4 rings (SSSR count). The smallest absolute Gasteiger partial charge is 0.264 e. The van der Waals surface area contributed by atoms with Gasteiger partial charge >= 0.3 is 0 Å². The molecule has 1 aliphatic rings. The van der Waals surface area contributed by atoms with Gasteiger partial charge < -0.3 is 10.1 Å². The molecule has 0 spiro atoms. The zero-order valence-electron chi connectivity index (χ0n) is 17.3. The molecule has 162 valence electrons. The van der Waals surface area contributed by atoms with Gasteiger partial charge in [-0.05, 0) is 81.6 Å². The lowest BCUT2D eigenvalue weighted by Gasteiger charge is -2.10. The zero-order valence-corrected chi connectivity index (χ0v) is 20.4. The van der Waals surface area contributed by atoms with Crippen molar-refractivity contribution in [3.63, 3.8) is 0 Å². The fraction of sp³-hybridized carbons (Fsp3) is 0.120. The standard InChI is InChI=1S/C25H20BrClN2O2S/c1-2-16-7-10-19(11-8-16)28-25-29-24(30)23(32-25)14-17-9-12-22(20(26)13-17)31-15-18-5-3-4-6-21(18)27/h3-14H,2,15H2,1H3,(H,28,29,30)/b23-14-. The first-order chi connectivity index (χ1) is 15.5. The van der Waals surface area contributed by atoms with Crippen molar-refractivity contribution in [1.29, 1.82) is 0 Å². The van der Waals surface area contributed by atoms with Crippen molar-refractivity contribution < 1.29 is 9.53 Å². The number of carbonyl (C=O) groups is 1. The highest BCUT2D eigenvalue weighted by Gasteiger charge is 2.23. The van der Waals surface area contributed by atoms with Crippen LogP contribution in [0.2, 0.25) is 5.02 Å². The molecule has 0 radical (unpaired) electrons. The maximum Gasteiger partial charge on any atom is 0.264 e. The number of hydrogen-bond acceptors (Lipinski definition) is 4. The number of carbonyl (C=O) groups excluding carboxylic acids is 1. The molecule has 1 aliphatic heterocycles. The maximum atomic E-state index is 12.4. The first kappa shape index (κ1) is 22.6. The average Bonchev–Trinajstić information content (AvgIpc) is 3.13. The van der Waals surface area contributed by atoms with Crippen molar-refractivity contribution in [2.45, 2.75) is 20.0 Å². The van der Waals surface area contributed by atoms with E-state index in [9.17, 15) is 4.79 Å². The number of ether oxygens (including phenoxy) is 1. The molecule has 32 heavy (non-hydrogen) atoms. The lowest BCUT2D eigenvalue weighted by Crippen LogP contribution is -2.19. The van der Waals surface area contributed by atoms with E-state index < -0.39 is 0 Å². The van der Waals surface area contributed by atoms with E-state index in [1.165, 1.54) is 17.3 Å². The Morgan fingerprint density at radius 3 is 2.62 bits per heavy atom. The zero-order chi connectivity index (χ0) is 22.5. The quantitative estimate of drug-likeness (QED) is 0.347. The van der Waals surface area contributed by atoms with Crippen LogP contribution < -0.4 is 10.1 Å². The predicted molar refractivity (Wildman–Crippen MR) is 137 cm³/mol. The summed E-state index contributed by atoms with van der Waals surface area (Å²) >= 11 is 11.1. The van der Waals surface area contributed by atoms with Gasteiger partial charge in [0.1, 0.15) is 12.4 Å². The van der Waals surface area contributed by atoms with Gasteiger partial charge in [-0.1, -0.05) is 54.9 Å². The summed E-state index contributed by atoms with van der Waals surface area (Å²) in [7, 11) is 0. The van der Waals surface area contributed by atoms with E-state index in [1.54, 1.807) is 0 Å². The Balaban J connectivity index is 1.45. The fourth-order valence-electron chi connectivity index (χ4n) is 3.05. The Morgan fingerprint density at radius 2 is 1.91 bits per heavy atom. The molecular weight excluding hydrogens is 508 g/mol. The summed E-state index contributed by atoms with van der Waals surface area (Å²) < 4.78 is 6.69. The van der Waals surface area contributed by atoms with Crippen molar-refractivity contribution in [3.05, 3.63) is 97.8 Å². The summed E-state index contributed by atoms with van der Waals surface area (Å²) in [6.07, 6.45) is 2.82. The molecule has 3 aromatic carbocycles. The highest BCUT2D eigenvalue weighted by atomic mass is 79.9. The molecule has 0 aliphatic carbocycles. The SMILES string of the molecule is CCc1ccc(N=C2NC(=O)/C(=C/c3ccc(OCc4ccccc4Cl)c(Br)c3)S2)cc1. The van der Waals surface area contributed by atoms with Crippen LogP contribution in [0.25, 0.3) is 6.08 Å². The van der Waals surface area contributed by atoms with Gasteiger partial charge in [0.25, 0.3) is 5.91 Å². The van der Waals surface area contributed by atoms with Crippen LogP contribution >= 0.6 is 39.3 Å². The van der Waals surface area contributed by atoms with E-state index in [-0.39, 0.29) is 5.91 Å². The molecule has 1 fully saturated rings. The second kappa shape index (κ2) is 10.4. The van der Waals surface area contributed by atoms with Crippen molar-refractivity contribution in [2.75, 3.05) is 0 Å². The summed E-state index contributed by atoms with van der Waals surface area (Å²) in [4.78, 5) is 17.5. The lowest BCUT2D eigenvalue weighted by atomic mass is 10.2. The van der Waals surface area contributed by atoms with Crippen LogP contribution in [0, 0.1) is 0 Å². The van der Waals surface area contributed by atoms with Crippen molar-refractivity contribution in [1.82, 2.24) is 5.32 Å². The molecule has 0 saturated carbocycles. The Bertz CT molecular complexity index is 1210. The van der Waals surface area contributed by atoms with Gasteiger partial charge in [0.2, 0.25) is 0 Å². The number of thioether (sulfide) groups is 1. The summed E-state index contributed by atoms with van der Waals surface area (Å²) in [6.45, 7) is 2.48. The minimum atomic E-state index is -0.158. The molecule has 0 aromatic heterocycles. The Morgan fingerprint density at radius 1 is 1.12 bits per heavy atom. The Hall–Kier alpha value is -2.54. The van der Waals surface area contributed by atoms with Crippen LogP contribution in [-0.4, -0.2) is 11.1 Å². The fourth-order valence-corrected chi connectivity index (χ4v) is 4.59. The minimum absolute atomic E-state index is 0.158. The minimum Gasteiger partial charge on any atom is -0.488 e. The summed E-state index contributed by atoms with van der Waals surface area (Å²) in [5.74, 6) is 0.544. The van der Waals surface area contributed by atoms with Crippen LogP contribution in [-0.2, 0) is 17.8 Å². The number of halogens is 2. The maximum absolute atomic E-state index is 12.4. The molecule has 0 unspecified atom stereocenters. The van der Waals surface area contributed by atoms with Crippen LogP contribution in [0.1, 0.15) is 23.6 Å². The second-order valence-electron chi connectivity index (χ2n) is 7.07. The van der Waals surface area contributed by atoms with E-state index in [2.05, 4.69) is 33.2 Å². The van der Waals surface area contributed by atoms with Gasteiger partial charge in [-0.2, -0.15) is 0 Å². The number of aryl methyl sites for hydroxylation is 1. The van der Waals surface area contributed by atoms with E-state index in [0.29, 0.717) is 27.5 Å². The molecule has 1 amide bonds. The number of amidine groups is 1. The third kappa shape index (κ3) is 5.63.